The van der Waals surface area contributed by atoms with Crippen LogP contribution >= 0.6 is 11.6 Å². The van der Waals surface area contributed by atoms with E-state index in [1.165, 1.54) is 24.5 Å². The molecule has 3 aromatic rings. The van der Waals surface area contributed by atoms with Crippen molar-refractivity contribution in [2.75, 3.05) is 47.0 Å². The van der Waals surface area contributed by atoms with Gasteiger partial charge < -0.3 is 20.2 Å². The predicted molar refractivity (Wildman–Crippen MR) is 135 cm³/mol. The minimum Gasteiger partial charge on any atom is -0.481 e. The van der Waals surface area contributed by atoms with Crippen molar-refractivity contribution in [1.29, 1.82) is 0 Å². The number of anilines is 4. The SMILES string of the molecule is O=C(O)Cc1ccc(Nc2nc(N3CCN(c4ncc(Cl)cn4)CC3)nc3c2S(=O)(=O)CCC3)cc1F. The molecule has 2 aliphatic heterocycles. The number of aryl methyl sites for hydroxylation is 1. The molecule has 0 atom stereocenters. The number of rotatable bonds is 6. The minimum atomic E-state index is -3.64. The van der Waals surface area contributed by atoms with Gasteiger partial charge in [0, 0.05) is 31.9 Å². The minimum absolute atomic E-state index is 0.0192. The van der Waals surface area contributed by atoms with E-state index in [0.717, 1.165) is 6.07 Å². The van der Waals surface area contributed by atoms with Crippen LogP contribution in [0.5, 0.6) is 0 Å². The monoisotopic (exact) mass is 547 g/mol. The average Bonchev–Trinajstić information content (AvgIpc) is 2.85. The fraction of sp³-hybridized carbons (Fsp3) is 0.348. The summed E-state index contributed by atoms with van der Waals surface area (Å²) in [6, 6.07) is 3.98. The molecular weight excluding hydrogens is 525 g/mol. The molecule has 11 nitrogen and oxygen atoms in total. The van der Waals surface area contributed by atoms with Crippen LogP contribution in [-0.2, 0) is 27.5 Å². The summed E-state index contributed by atoms with van der Waals surface area (Å²) < 4.78 is 40.4. The molecule has 0 aliphatic carbocycles. The van der Waals surface area contributed by atoms with Gasteiger partial charge >= 0.3 is 5.97 Å². The predicted octanol–water partition coefficient (Wildman–Crippen LogP) is 2.48. The number of aromatic nitrogens is 4. The van der Waals surface area contributed by atoms with Gasteiger partial charge in [-0.2, -0.15) is 4.98 Å². The van der Waals surface area contributed by atoms with Gasteiger partial charge in [-0.25, -0.2) is 27.8 Å². The molecule has 14 heteroatoms. The molecule has 0 spiro atoms. The van der Waals surface area contributed by atoms with Gasteiger partial charge in [0.2, 0.25) is 11.9 Å². The summed E-state index contributed by atoms with van der Waals surface area (Å²) in [7, 11) is -3.64. The van der Waals surface area contributed by atoms with Gasteiger partial charge in [-0.05, 0) is 30.5 Å². The maximum absolute atomic E-state index is 14.5. The molecule has 0 unspecified atom stereocenters. The van der Waals surface area contributed by atoms with Crippen LogP contribution < -0.4 is 15.1 Å². The molecule has 1 aromatic carbocycles. The Balaban J connectivity index is 1.43. The summed E-state index contributed by atoms with van der Waals surface area (Å²) in [4.78, 5) is 32.6. The summed E-state index contributed by atoms with van der Waals surface area (Å²) in [6.45, 7) is 2.30. The zero-order chi connectivity index (χ0) is 26.2. The van der Waals surface area contributed by atoms with E-state index in [9.17, 15) is 17.6 Å². The maximum Gasteiger partial charge on any atom is 0.307 e. The van der Waals surface area contributed by atoms with Gasteiger partial charge in [0.15, 0.2) is 15.7 Å². The average molecular weight is 548 g/mol. The topological polar surface area (TPSA) is 142 Å². The number of piperazine rings is 1. The number of aliphatic carboxylic acids is 1. The van der Waals surface area contributed by atoms with Gasteiger partial charge in [0.25, 0.3) is 0 Å². The molecule has 0 saturated carbocycles. The Kier molecular flexibility index (Phi) is 6.82. The molecule has 2 aliphatic rings. The molecule has 5 rings (SSSR count). The lowest BCUT2D eigenvalue weighted by Crippen LogP contribution is -2.47. The van der Waals surface area contributed by atoms with Crippen molar-refractivity contribution in [1.82, 2.24) is 19.9 Å². The van der Waals surface area contributed by atoms with E-state index in [2.05, 4.69) is 25.3 Å². The number of carbonyl (C=O) groups is 1. The number of hydrogen-bond donors (Lipinski definition) is 2. The molecular formula is C23H23ClFN7O4S. The van der Waals surface area contributed by atoms with Crippen molar-refractivity contribution in [3.05, 3.63) is 52.7 Å². The Morgan fingerprint density at radius 1 is 1.08 bits per heavy atom. The van der Waals surface area contributed by atoms with E-state index in [1.807, 2.05) is 9.80 Å². The van der Waals surface area contributed by atoms with Crippen LogP contribution in [0.25, 0.3) is 0 Å². The van der Waals surface area contributed by atoms with E-state index in [1.54, 1.807) is 0 Å². The molecule has 2 N–H and O–H groups in total. The largest absolute Gasteiger partial charge is 0.481 e. The Morgan fingerprint density at radius 2 is 1.76 bits per heavy atom. The Hall–Kier alpha value is -3.58. The van der Waals surface area contributed by atoms with Gasteiger partial charge in [0.05, 0.1) is 35.3 Å². The first-order valence-electron chi connectivity index (χ1n) is 11.6. The first-order chi connectivity index (χ1) is 17.7. The summed E-state index contributed by atoms with van der Waals surface area (Å²) in [5, 5.41) is 12.3. The molecule has 4 heterocycles. The van der Waals surface area contributed by atoms with Gasteiger partial charge in [-0.3, -0.25) is 4.79 Å². The van der Waals surface area contributed by atoms with E-state index in [-0.39, 0.29) is 27.7 Å². The third kappa shape index (κ3) is 5.42. The smallest absolute Gasteiger partial charge is 0.307 e. The van der Waals surface area contributed by atoms with E-state index in [4.69, 9.17) is 16.7 Å². The quantitative estimate of drug-likeness (QED) is 0.470. The van der Waals surface area contributed by atoms with Crippen LogP contribution in [0.4, 0.5) is 27.8 Å². The summed E-state index contributed by atoms with van der Waals surface area (Å²) in [6.07, 6.45) is 3.55. The second kappa shape index (κ2) is 10.1. The standard InChI is InChI=1S/C23H23ClFN7O4S/c24-15-12-26-22(27-13-15)31-5-7-32(8-6-31)23-29-18-2-1-9-37(35,36)20(18)21(30-23)28-16-4-3-14(10-19(33)34)17(25)11-16/h3-4,11-13H,1-2,5-10H2,(H,33,34)(H,28,29,30). The maximum atomic E-state index is 14.5. The third-order valence-corrected chi connectivity index (χ3v) is 8.24. The number of halogens is 2. The third-order valence-electron chi connectivity index (χ3n) is 6.17. The van der Waals surface area contributed by atoms with Crippen molar-refractivity contribution in [3.63, 3.8) is 0 Å². The molecule has 1 fully saturated rings. The first-order valence-corrected chi connectivity index (χ1v) is 13.6. The fourth-order valence-corrected chi connectivity index (χ4v) is 6.11. The number of nitrogens with zero attached hydrogens (tertiary/aromatic N) is 6. The lowest BCUT2D eigenvalue weighted by molar-refractivity contribution is -0.136. The second-order valence-electron chi connectivity index (χ2n) is 8.75. The second-order valence-corrected chi connectivity index (χ2v) is 11.2. The van der Waals surface area contributed by atoms with E-state index in [0.29, 0.717) is 61.6 Å². The Bertz CT molecular complexity index is 1450. The number of benzene rings is 1. The zero-order valence-electron chi connectivity index (χ0n) is 19.6. The highest BCUT2D eigenvalue weighted by atomic mass is 35.5. The molecule has 0 radical (unpaired) electrons. The number of carboxylic acids is 1. The lowest BCUT2D eigenvalue weighted by atomic mass is 10.1. The number of sulfone groups is 1. The number of nitrogens with one attached hydrogen (secondary N) is 1. The van der Waals surface area contributed by atoms with E-state index < -0.39 is 28.0 Å². The van der Waals surface area contributed by atoms with Crippen molar-refractivity contribution in [2.24, 2.45) is 0 Å². The fourth-order valence-electron chi connectivity index (χ4n) is 4.38. The molecule has 37 heavy (non-hydrogen) atoms. The van der Waals surface area contributed by atoms with Gasteiger partial charge in [-0.15, -0.1) is 0 Å². The van der Waals surface area contributed by atoms with Crippen molar-refractivity contribution < 1.29 is 22.7 Å². The van der Waals surface area contributed by atoms with Gasteiger partial charge in [-0.1, -0.05) is 17.7 Å². The van der Waals surface area contributed by atoms with E-state index >= 15 is 0 Å². The highest BCUT2D eigenvalue weighted by Gasteiger charge is 2.32. The molecule has 1 saturated heterocycles. The van der Waals surface area contributed by atoms with Crippen LogP contribution in [0, 0.1) is 5.82 Å². The zero-order valence-corrected chi connectivity index (χ0v) is 21.1. The Labute approximate surface area is 217 Å². The molecule has 0 amide bonds. The molecule has 0 bridgehead atoms. The highest BCUT2D eigenvalue weighted by molar-refractivity contribution is 7.91. The van der Waals surface area contributed by atoms with Crippen LogP contribution in [-0.4, -0.2) is 71.4 Å². The summed E-state index contributed by atoms with van der Waals surface area (Å²) >= 11 is 5.88. The number of fused-ring (bicyclic) bond motifs is 1. The molecule has 194 valence electrons. The summed E-state index contributed by atoms with van der Waals surface area (Å²) in [5.74, 6) is -0.867. The highest BCUT2D eigenvalue weighted by Crippen LogP contribution is 2.33. The normalized spacial score (nSPS) is 16.8. The number of carboxylic acid groups (broad SMARTS) is 1. The Morgan fingerprint density at radius 3 is 2.41 bits per heavy atom. The number of hydrogen-bond acceptors (Lipinski definition) is 10. The van der Waals surface area contributed by atoms with Crippen molar-refractivity contribution in [3.8, 4) is 0 Å². The summed E-state index contributed by atoms with van der Waals surface area (Å²) in [5.41, 5.74) is 0.702. The van der Waals surface area contributed by atoms with Gasteiger partial charge in [0.1, 0.15) is 10.7 Å². The van der Waals surface area contributed by atoms with Crippen LogP contribution in [0.15, 0.2) is 35.5 Å². The van der Waals surface area contributed by atoms with Crippen molar-refractivity contribution in [2.45, 2.75) is 24.2 Å². The van der Waals surface area contributed by atoms with Crippen LogP contribution in [0.1, 0.15) is 17.7 Å². The van der Waals surface area contributed by atoms with Crippen molar-refractivity contribution >= 4 is 50.8 Å². The lowest BCUT2D eigenvalue weighted by Gasteiger charge is -2.35. The molecule has 2 aromatic heterocycles. The first kappa shape index (κ1) is 25.1. The van der Waals surface area contributed by atoms with Crippen LogP contribution in [0.3, 0.4) is 0 Å². The van der Waals surface area contributed by atoms with Crippen LogP contribution in [0.2, 0.25) is 5.02 Å².